The van der Waals surface area contributed by atoms with E-state index in [0.29, 0.717) is 18.0 Å². The molecule has 0 aliphatic carbocycles. The van der Waals surface area contributed by atoms with E-state index in [2.05, 4.69) is 4.72 Å². The second-order valence-electron chi connectivity index (χ2n) is 8.45. The summed E-state index contributed by atoms with van der Waals surface area (Å²) in [6.07, 6.45) is 0. The first-order chi connectivity index (χ1) is 13.5. The molecule has 0 radical (unpaired) electrons. The highest BCUT2D eigenvalue weighted by atomic mass is 32.2. The molecule has 1 amide bonds. The van der Waals surface area contributed by atoms with Crippen LogP contribution in [-0.4, -0.2) is 28.0 Å². The quantitative estimate of drug-likeness (QED) is 0.797. The third-order valence-electron chi connectivity index (χ3n) is 5.21. The Kier molecular flexibility index (Phi) is 5.38. The van der Waals surface area contributed by atoms with Crippen LogP contribution in [0.25, 0.3) is 0 Å². The Bertz CT molecular complexity index is 1060. The molecule has 29 heavy (non-hydrogen) atoms. The van der Waals surface area contributed by atoms with Crippen LogP contribution in [0.15, 0.2) is 41.3 Å². The van der Waals surface area contributed by atoms with Crippen molar-refractivity contribution in [3.63, 3.8) is 0 Å². The van der Waals surface area contributed by atoms with Crippen LogP contribution in [0.3, 0.4) is 0 Å². The highest BCUT2D eigenvalue weighted by molar-refractivity contribution is 7.92. The number of amides is 1. The van der Waals surface area contributed by atoms with Crippen LogP contribution in [-0.2, 0) is 20.2 Å². The number of hydrogen-bond donors (Lipinski definition) is 1. The molecule has 0 fully saturated rings. The summed E-state index contributed by atoms with van der Waals surface area (Å²) in [7, 11) is -2.32. The summed E-state index contributed by atoms with van der Waals surface area (Å²) in [6, 6.07) is 10.3. The number of anilines is 2. The molecule has 0 atom stereocenters. The molecule has 2 aromatic rings. The van der Waals surface area contributed by atoms with E-state index in [-0.39, 0.29) is 22.1 Å². The van der Waals surface area contributed by atoms with Crippen molar-refractivity contribution in [2.24, 2.45) is 5.92 Å². The van der Waals surface area contributed by atoms with Gasteiger partial charge in [0.05, 0.1) is 17.7 Å². The van der Waals surface area contributed by atoms with Gasteiger partial charge in [0.15, 0.2) is 0 Å². The van der Waals surface area contributed by atoms with Crippen molar-refractivity contribution < 1.29 is 17.9 Å². The first-order valence-electron chi connectivity index (χ1n) is 9.59. The molecule has 1 aliphatic heterocycles. The molecule has 0 bridgehead atoms. The first kappa shape index (κ1) is 21.2. The maximum Gasteiger partial charge on any atom is 0.262 e. The number of carbonyl (C=O) groups is 1. The van der Waals surface area contributed by atoms with E-state index in [1.807, 2.05) is 40.7 Å². The number of ether oxygens (including phenoxy) is 1. The van der Waals surface area contributed by atoms with Crippen molar-refractivity contribution in [3.8, 4) is 5.75 Å². The van der Waals surface area contributed by atoms with Gasteiger partial charge in [-0.1, -0.05) is 33.8 Å². The van der Waals surface area contributed by atoms with Crippen molar-refractivity contribution in [1.29, 1.82) is 0 Å². The predicted octanol–water partition coefficient (Wildman–Crippen LogP) is 4.08. The second-order valence-corrected chi connectivity index (χ2v) is 10.1. The molecular weight excluding hydrogens is 388 g/mol. The van der Waals surface area contributed by atoms with Crippen LogP contribution < -0.4 is 14.4 Å². The van der Waals surface area contributed by atoms with E-state index in [0.717, 1.165) is 16.8 Å². The van der Waals surface area contributed by atoms with E-state index in [9.17, 15) is 13.2 Å². The standard InChI is InChI=1S/C22H28N2O4S/c1-14(2)21(25)24-13-22(4,5)17-12-16(8-9-19(17)24)29(26,27)23-18-11-15(3)7-10-20(18)28-6/h7-12,14,23H,13H2,1-6H3. The van der Waals surface area contributed by atoms with Crippen LogP contribution >= 0.6 is 0 Å². The zero-order valence-electron chi connectivity index (χ0n) is 17.7. The molecule has 0 spiro atoms. The third kappa shape index (κ3) is 3.96. The normalized spacial score (nSPS) is 15.3. The van der Waals surface area contributed by atoms with Crippen molar-refractivity contribution >= 4 is 27.3 Å². The van der Waals surface area contributed by atoms with Gasteiger partial charge >= 0.3 is 0 Å². The Morgan fingerprint density at radius 1 is 1.17 bits per heavy atom. The van der Waals surface area contributed by atoms with Gasteiger partial charge in [-0.3, -0.25) is 9.52 Å². The van der Waals surface area contributed by atoms with E-state index in [1.54, 1.807) is 35.2 Å². The molecule has 0 saturated carbocycles. The average Bonchev–Trinajstić information content (AvgIpc) is 2.91. The zero-order chi connectivity index (χ0) is 21.6. The summed E-state index contributed by atoms with van der Waals surface area (Å²) in [4.78, 5) is 14.5. The number of fused-ring (bicyclic) bond motifs is 1. The van der Waals surface area contributed by atoms with E-state index < -0.39 is 10.0 Å². The van der Waals surface area contributed by atoms with Gasteiger partial charge in [-0.25, -0.2) is 8.42 Å². The second kappa shape index (κ2) is 7.37. The molecule has 1 aliphatic rings. The number of hydrogen-bond acceptors (Lipinski definition) is 4. The number of rotatable bonds is 5. The first-order valence-corrected chi connectivity index (χ1v) is 11.1. The molecular formula is C22H28N2O4S. The lowest BCUT2D eigenvalue weighted by atomic mass is 9.87. The SMILES string of the molecule is COc1ccc(C)cc1NS(=O)(=O)c1ccc2c(c1)C(C)(C)CN2C(=O)C(C)C. The summed E-state index contributed by atoms with van der Waals surface area (Å²) < 4.78 is 34.0. The number of nitrogens with one attached hydrogen (secondary N) is 1. The lowest BCUT2D eigenvalue weighted by Crippen LogP contribution is -2.36. The summed E-state index contributed by atoms with van der Waals surface area (Å²) in [5, 5.41) is 0. The summed E-state index contributed by atoms with van der Waals surface area (Å²) >= 11 is 0. The maximum atomic E-state index is 13.1. The molecule has 1 heterocycles. The average molecular weight is 417 g/mol. The summed E-state index contributed by atoms with van der Waals surface area (Å²) in [5.41, 5.74) is 2.60. The van der Waals surface area contributed by atoms with E-state index in [4.69, 9.17) is 4.74 Å². The molecule has 0 saturated heterocycles. The summed E-state index contributed by atoms with van der Waals surface area (Å²) in [6.45, 7) is 10.2. The third-order valence-corrected chi connectivity index (χ3v) is 6.57. The van der Waals surface area contributed by atoms with Crippen LogP contribution in [0.1, 0.15) is 38.8 Å². The van der Waals surface area contributed by atoms with Gasteiger partial charge in [-0.2, -0.15) is 0 Å². The van der Waals surface area contributed by atoms with Gasteiger partial charge < -0.3 is 9.64 Å². The highest BCUT2D eigenvalue weighted by Crippen LogP contribution is 2.42. The van der Waals surface area contributed by atoms with Gasteiger partial charge in [0.1, 0.15) is 5.75 Å². The molecule has 6 nitrogen and oxygen atoms in total. The van der Waals surface area contributed by atoms with Crippen LogP contribution in [0.5, 0.6) is 5.75 Å². The molecule has 1 N–H and O–H groups in total. The fraction of sp³-hybridized carbons (Fsp3) is 0.409. The smallest absolute Gasteiger partial charge is 0.262 e. The van der Waals surface area contributed by atoms with Crippen LogP contribution in [0, 0.1) is 12.8 Å². The van der Waals surface area contributed by atoms with Gasteiger partial charge in [0.2, 0.25) is 5.91 Å². The van der Waals surface area contributed by atoms with Crippen molar-refractivity contribution in [2.45, 2.75) is 44.9 Å². The van der Waals surface area contributed by atoms with Gasteiger partial charge in [-0.05, 0) is 48.4 Å². The Morgan fingerprint density at radius 2 is 1.86 bits per heavy atom. The Labute approximate surface area is 172 Å². The van der Waals surface area contributed by atoms with Crippen molar-refractivity contribution in [1.82, 2.24) is 0 Å². The summed E-state index contributed by atoms with van der Waals surface area (Å²) in [5.74, 6) is 0.361. The minimum Gasteiger partial charge on any atom is -0.495 e. The van der Waals surface area contributed by atoms with Gasteiger partial charge in [0.25, 0.3) is 10.0 Å². The lowest BCUT2D eigenvalue weighted by Gasteiger charge is -2.22. The highest BCUT2D eigenvalue weighted by Gasteiger charge is 2.39. The van der Waals surface area contributed by atoms with Crippen molar-refractivity contribution in [2.75, 3.05) is 23.3 Å². The Balaban J connectivity index is 2.01. The topological polar surface area (TPSA) is 75.7 Å². The minimum atomic E-state index is -3.82. The molecule has 0 unspecified atom stereocenters. The Morgan fingerprint density at radius 3 is 2.48 bits per heavy atom. The van der Waals surface area contributed by atoms with E-state index in [1.165, 1.54) is 7.11 Å². The molecule has 156 valence electrons. The molecule has 3 rings (SSSR count). The number of aryl methyl sites for hydroxylation is 1. The van der Waals surface area contributed by atoms with E-state index >= 15 is 0 Å². The molecule has 0 aromatic heterocycles. The number of sulfonamides is 1. The lowest BCUT2D eigenvalue weighted by molar-refractivity contribution is -0.121. The molecule has 7 heteroatoms. The van der Waals surface area contributed by atoms with Crippen LogP contribution in [0.2, 0.25) is 0 Å². The van der Waals surface area contributed by atoms with Crippen molar-refractivity contribution in [3.05, 3.63) is 47.5 Å². The number of benzene rings is 2. The predicted molar refractivity (Wildman–Crippen MR) is 115 cm³/mol. The van der Waals surface area contributed by atoms with Gasteiger partial charge in [-0.15, -0.1) is 0 Å². The Hall–Kier alpha value is -2.54. The fourth-order valence-corrected chi connectivity index (χ4v) is 4.73. The molecule has 2 aromatic carbocycles. The van der Waals surface area contributed by atoms with Crippen LogP contribution in [0.4, 0.5) is 11.4 Å². The maximum absolute atomic E-state index is 13.1. The number of methoxy groups -OCH3 is 1. The zero-order valence-corrected chi connectivity index (χ0v) is 18.6. The fourth-order valence-electron chi connectivity index (χ4n) is 3.64. The largest absolute Gasteiger partial charge is 0.495 e. The monoisotopic (exact) mass is 416 g/mol. The number of nitrogens with zero attached hydrogens (tertiary/aromatic N) is 1. The van der Waals surface area contributed by atoms with Gasteiger partial charge in [0, 0.05) is 23.6 Å². The number of carbonyl (C=O) groups excluding carboxylic acids is 1. The minimum absolute atomic E-state index is 0.0371.